The molecule has 8 aliphatic rings. The monoisotopic (exact) mass is 1170 g/mol. The van der Waals surface area contributed by atoms with E-state index in [9.17, 15) is 9.90 Å². The van der Waals surface area contributed by atoms with Gasteiger partial charge in [-0.25, -0.2) is 13.2 Å². The van der Waals surface area contributed by atoms with Gasteiger partial charge in [0.2, 0.25) is 0 Å². The van der Waals surface area contributed by atoms with Gasteiger partial charge in [-0.05, 0) is 109 Å². The summed E-state index contributed by atoms with van der Waals surface area (Å²) in [5, 5.41) is 11.8. The Morgan fingerprint density at radius 3 is 2.25 bits per heavy atom. The van der Waals surface area contributed by atoms with E-state index in [2.05, 4.69) is 90.6 Å². The first-order valence-corrected chi connectivity index (χ1v) is 34.2. The summed E-state index contributed by atoms with van der Waals surface area (Å²) >= 11 is 3.50. The molecule has 2 aromatic carbocycles. The second-order valence-electron chi connectivity index (χ2n) is 25.5. The second-order valence-corrected chi connectivity index (χ2v) is 33.6. The van der Waals surface area contributed by atoms with E-state index < -0.39 is 83.8 Å². The Morgan fingerprint density at radius 2 is 1.56 bits per heavy atom. The standard InChI is InChI=1S/C61H89BrO13SSi/c1-12-13-22-42-30-37(3)39(5)49(68-42)33-50-52(40(6)48(71-50)29-36(2)35-67-77(10,11)60(7,8)9)58(76(65,66)45-23-18-15-19-24-45)46(63)32-43-25-26-47-53(69-43)57-56-55(72-47)54-51(73-56)34-61(74-54,75-57)28-27-44(31-38(4)62)70-59(64)41-20-16-14-17-21-41/h14-21,23-24,36-37,40,42-44,46-58,63H,4-5,12-13,22,25-35H2,1-3,6-11H3/t36-,37+,40-,42?,43+,44+,46?,47-,48+,49+,50?,51+,52+,53-,54?,55-,56+,57?,58?,61-/m0/s1. The summed E-state index contributed by atoms with van der Waals surface area (Å²) in [5.74, 6) is -1.92. The Morgan fingerprint density at radius 1 is 0.883 bits per heavy atom. The quantitative estimate of drug-likeness (QED) is 0.0638. The lowest BCUT2D eigenvalue weighted by atomic mass is 9.78. The maximum Gasteiger partial charge on any atom is 0.338 e. The van der Waals surface area contributed by atoms with Crippen molar-refractivity contribution in [2.24, 2.45) is 23.7 Å². The van der Waals surface area contributed by atoms with Crippen LogP contribution < -0.4 is 0 Å². The largest absolute Gasteiger partial charge is 0.458 e. The molecule has 6 unspecified atom stereocenters. The summed E-state index contributed by atoms with van der Waals surface area (Å²) in [6.45, 7) is 29.2. The van der Waals surface area contributed by atoms with Gasteiger partial charge >= 0.3 is 5.97 Å². The lowest BCUT2D eigenvalue weighted by Crippen LogP contribution is -2.62. The fraction of sp³-hybridized carbons (Fsp3) is 0.721. The molecule has 1 N–H and O–H groups in total. The third-order valence-electron chi connectivity index (χ3n) is 18.8. The van der Waals surface area contributed by atoms with Crippen LogP contribution in [-0.4, -0.2) is 131 Å². The van der Waals surface area contributed by atoms with Crippen molar-refractivity contribution < 1.29 is 60.6 Å². The molecule has 8 saturated heterocycles. The molecule has 8 aliphatic heterocycles. The minimum atomic E-state index is -4.18. The van der Waals surface area contributed by atoms with Crippen molar-refractivity contribution in [3.8, 4) is 0 Å². The van der Waals surface area contributed by atoms with Crippen LogP contribution in [0.25, 0.3) is 0 Å². The van der Waals surface area contributed by atoms with E-state index in [1.807, 2.05) is 24.3 Å². The van der Waals surface area contributed by atoms with E-state index >= 15 is 8.42 Å². The van der Waals surface area contributed by atoms with Crippen LogP contribution >= 0.6 is 15.9 Å². The summed E-state index contributed by atoms with van der Waals surface area (Å²) in [6.07, 6.45) is 1.89. The summed E-state index contributed by atoms with van der Waals surface area (Å²) in [6, 6.07) is 17.5. The van der Waals surface area contributed by atoms with E-state index in [4.69, 9.17) is 42.3 Å². The number of carbonyl (C=O) groups excluding carboxylic acids is 1. The van der Waals surface area contributed by atoms with Gasteiger partial charge in [0, 0.05) is 44.6 Å². The van der Waals surface area contributed by atoms with Crippen molar-refractivity contribution in [2.45, 2.75) is 251 Å². The number of ether oxygens (including phenoxy) is 8. The van der Waals surface area contributed by atoms with Gasteiger partial charge in [-0.2, -0.15) is 0 Å². The van der Waals surface area contributed by atoms with Crippen LogP contribution in [-0.2, 0) is 52.2 Å². The highest BCUT2D eigenvalue weighted by Gasteiger charge is 2.69. The van der Waals surface area contributed by atoms with Gasteiger partial charge in [0.1, 0.15) is 36.6 Å². The molecule has 8 heterocycles. The van der Waals surface area contributed by atoms with Crippen LogP contribution in [0.2, 0.25) is 18.1 Å². The van der Waals surface area contributed by atoms with Crippen LogP contribution in [0, 0.1) is 23.7 Å². The number of fused-ring (bicyclic) bond motifs is 1. The lowest BCUT2D eigenvalue weighted by Gasteiger charge is -2.48. The average Bonchev–Trinajstić information content (AvgIpc) is 3.99. The van der Waals surface area contributed by atoms with Crippen molar-refractivity contribution in [3.63, 3.8) is 0 Å². The third-order valence-corrected chi connectivity index (χ3v) is 25.9. The Hall–Kier alpha value is -2.32. The van der Waals surface area contributed by atoms with Gasteiger partial charge in [0.25, 0.3) is 0 Å². The van der Waals surface area contributed by atoms with E-state index in [1.54, 1.807) is 36.4 Å². The van der Waals surface area contributed by atoms with Gasteiger partial charge in [-0.15, -0.1) is 0 Å². The molecular weight excluding hydrogens is 1080 g/mol. The lowest BCUT2D eigenvalue weighted by molar-refractivity contribution is -0.293. The fourth-order valence-electron chi connectivity index (χ4n) is 13.4. The Balaban J connectivity index is 0.967. The Labute approximate surface area is 469 Å². The van der Waals surface area contributed by atoms with Crippen molar-refractivity contribution in [3.05, 3.63) is 89.4 Å². The van der Waals surface area contributed by atoms with Gasteiger partial charge in [-0.1, -0.05) is 127 Å². The first-order chi connectivity index (χ1) is 36.5. The van der Waals surface area contributed by atoms with Crippen molar-refractivity contribution >= 4 is 40.1 Å². The third kappa shape index (κ3) is 13.0. The minimum absolute atomic E-state index is 0.0572. The Bertz CT molecular complexity index is 2460. The molecule has 0 saturated carbocycles. The number of unbranched alkanes of at least 4 members (excludes halogenated alkanes) is 1. The van der Waals surface area contributed by atoms with Gasteiger partial charge in [-0.3, -0.25) is 0 Å². The highest BCUT2D eigenvalue weighted by Crippen LogP contribution is 2.55. The molecule has 6 bridgehead atoms. The summed E-state index contributed by atoms with van der Waals surface area (Å²) < 4.78 is 93.3. The van der Waals surface area contributed by atoms with E-state index in [1.165, 1.54) is 0 Å². The number of aliphatic hydroxyl groups excluding tert-OH is 1. The Kier molecular flexibility index (Phi) is 18.7. The molecule has 0 aliphatic carbocycles. The molecule has 10 rings (SSSR count). The van der Waals surface area contributed by atoms with Crippen molar-refractivity contribution in [2.75, 3.05) is 6.61 Å². The molecule has 0 spiro atoms. The summed E-state index contributed by atoms with van der Waals surface area (Å²) in [5.41, 5.74) is 1.48. The molecule has 77 heavy (non-hydrogen) atoms. The van der Waals surface area contributed by atoms with Gasteiger partial charge in [0.15, 0.2) is 23.9 Å². The van der Waals surface area contributed by atoms with Crippen LogP contribution in [0.15, 0.2) is 88.8 Å². The zero-order chi connectivity index (χ0) is 55.2. The number of rotatable bonds is 23. The second kappa shape index (κ2) is 24.3. The highest BCUT2D eigenvalue weighted by atomic mass is 79.9. The SMILES string of the molecule is C=C(Br)C[C@@H](CC[C@@]12C[C@H]3O[C@H]4C(O1)[C@H]1O[C@@H](CC(O)C([C@H]5C(C[C@H]6OC(CCCC)C[C@@H](C)C6=C)O[C@H](C[C@H](C)CO[Si](C)(C)C(C)(C)C)[C@@H]5C)S(=O)(=O)c5ccccc5)CC[C@@H]1O[C@H]4C3O2)OC(=O)c1ccccc1. The molecule has 13 nitrogen and oxygen atoms in total. The molecule has 428 valence electrons. The van der Waals surface area contributed by atoms with E-state index in [0.717, 1.165) is 31.3 Å². The number of halogens is 1. The highest BCUT2D eigenvalue weighted by molar-refractivity contribution is 9.11. The van der Waals surface area contributed by atoms with Gasteiger partial charge in [0.05, 0.1) is 64.5 Å². The van der Waals surface area contributed by atoms with Crippen LogP contribution in [0.3, 0.4) is 0 Å². The maximum atomic E-state index is 15.6. The van der Waals surface area contributed by atoms with Crippen LogP contribution in [0.5, 0.6) is 0 Å². The van der Waals surface area contributed by atoms with Crippen molar-refractivity contribution in [1.29, 1.82) is 0 Å². The smallest absolute Gasteiger partial charge is 0.338 e. The normalized spacial score (nSPS) is 36.5. The fourth-order valence-corrected chi connectivity index (χ4v) is 17.1. The molecule has 0 aromatic heterocycles. The molecule has 16 heteroatoms. The van der Waals surface area contributed by atoms with Crippen LogP contribution in [0.1, 0.15) is 142 Å². The zero-order valence-corrected chi connectivity index (χ0v) is 50.6. The zero-order valence-electron chi connectivity index (χ0n) is 47.2. The molecule has 2 aromatic rings. The summed E-state index contributed by atoms with van der Waals surface area (Å²) in [4.78, 5) is 13.4. The number of hydrogen-bond acceptors (Lipinski definition) is 13. The predicted octanol–water partition coefficient (Wildman–Crippen LogP) is 11.8. The molecular formula is C61H89BrO13SSi. The number of carbonyl (C=O) groups is 1. The topological polar surface area (TPSA) is 155 Å². The number of benzene rings is 2. The number of aliphatic hydroxyl groups is 1. The molecule has 20 atom stereocenters. The molecule has 0 amide bonds. The van der Waals surface area contributed by atoms with Crippen molar-refractivity contribution in [1.82, 2.24) is 0 Å². The first kappa shape index (κ1) is 59.3. The number of esters is 1. The molecule has 8 fully saturated rings. The van der Waals surface area contributed by atoms with Crippen LogP contribution in [0.4, 0.5) is 0 Å². The average molecular weight is 1170 g/mol. The summed E-state index contributed by atoms with van der Waals surface area (Å²) in [7, 11) is -6.22. The van der Waals surface area contributed by atoms with Gasteiger partial charge < -0.3 is 47.4 Å². The van der Waals surface area contributed by atoms with E-state index in [0.29, 0.717) is 68.0 Å². The number of sulfone groups is 1. The maximum absolute atomic E-state index is 15.6. The van der Waals surface area contributed by atoms with E-state index in [-0.39, 0.29) is 76.8 Å². The molecule has 0 radical (unpaired) electrons. The minimum Gasteiger partial charge on any atom is -0.458 e. The first-order valence-electron chi connectivity index (χ1n) is 29.0. The predicted molar refractivity (Wildman–Crippen MR) is 302 cm³/mol. The number of hydrogen-bond donors (Lipinski definition) is 1.